The third-order valence-corrected chi connectivity index (χ3v) is 3.04. The minimum Gasteiger partial charge on any atom is -0.380 e. The molecule has 1 unspecified atom stereocenters. The van der Waals surface area contributed by atoms with Crippen LogP contribution in [0.3, 0.4) is 0 Å². The standard InChI is InChI=1S/C8H13N3O5S/c1-5(16-2)3-11-4-6(17(9,14)15)7(12)10-8(11)13/h4-5H,3H2,1-2H3,(H2,9,14,15)(H,10,12,13). The maximum Gasteiger partial charge on any atom is 0.328 e. The molecule has 0 amide bonds. The summed E-state index contributed by atoms with van der Waals surface area (Å²) in [6.45, 7) is 1.79. The van der Waals surface area contributed by atoms with Crippen LogP contribution in [0.15, 0.2) is 20.7 Å². The predicted molar refractivity (Wildman–Crippen MR) is 59.2 cm³/mol. The monoisotopic (exact) mass is 263 g/mol. The van der Waals surface area contributed by atoms with Crippen LogP contribution in [0.25, 0.3) is 0 Å². The second-order valence-electron chi connectivity index (χ2n) is 3.50. The van der Waals surface area contributed by atoms with E-state index in [2.05, 4.69) is 0 Å². The molecule has 0 bridgehead atoms. The van der Waals surface area contributed by atoms with E-state index in [0.717, 1.165) is 10.8 Å². The second-order valence-corrected chi connectivity index (χ2v) is 5.03. The summed E-state index contributed by atoms with van der Waals surface area (Å²) in [7, 11) is -2.71. The van der Waals surface area contributed by atoms with Gasteiger partial charge in [-0.25, -0.2) is 18.4 Å². The van der Waals surface area contributed by atoms with Crippen molar-refractivity contribution in [2.24, 2.45) is 5.14 Å². The van der Waals surface area contributed by atoms with Crippen molar-refractivity contribution in [3.05, 3.63) is 27.0 Å². The van der Waals surface area contributed by atoms with E-state index < -0.39 is 26.2 Å². The first-order valence-corrected chi connectivity index (χ1v) is 6.19. The first-order chi connectivity index (χ1) is 7.75. The van der Waals surface area contributed by atoms with Crippen LogP contribution in [0.2, 0.25) is 0 Å². The Labute approximate surface area is 97.1 Å². The highest BCUT2D eigenvalue weighted by atomic mass is 32.2. The summed E-state index contributed by atoms with van der Waals surface area (Å²) in [5, 5.41) is 4.85. The average molecular weight is 263 g/mol. The van der Waals surface area contributed by atoms with Gasteiger partial charge < -0.3 is 4.74 Å². The molecule has 0 spiro atoms. The molecule has 0 aromatic carbocycles. The third-order valence-electron chi connectivity index (χ3n) is 2.14. The Bertz CT molecular complexity index is 615. The van der Waals surface area contributed by atoms with Crippen molar-refractivity contribution in [2.75, 3.05) is 7.11 Å². The molecule has 0 fully saturated rings. The number of primary sulfonamides is 1. The van der Waals surface area contributed by atoms with Gasteiger partial charge in [-0.2, -0.15) is 0 Å². The molecule has 0 aliphatic carbocycles. The van der Waals surface area contributed by atoms with Crippen LogP contribution in [-0.4, -0.2) is 31.2 Å². The number of aromatic amines is 1. The second kappa shape index (κ2) is 4.82. The fourth-order valence-corrected chi connectivity index (χ4v) is 1.76. The van der Waals surface area contributed by atoms with Crippen LogP contribution in [0.4, 0.5) is 0 Å². The molecule has 0 aliphatic heterocycles. The number of hydrogen-bond donors (Lipinski definition) is 2. The molecule has 1 atom stereocenters. The Kier molecular flexibility index (Phi) is 3.86. The topological polar surface area (TPSA) is 124 Å². The molecule has 9 heteroatoms. The van der Waals surface area contributed by atoms with Gasteiger partial charge in [-0.3, -0.25) is 14.3 Å². The Morgan fingerprint density at radius 3 is 2.59 bits per heavy atom. The predicted octanol–water partition coefficient (Wildman–Crippen LogP) is -1.78. The van der Waals surface area contributed by atoms with Crippen LogP contribution in [0.5, 0.6) is 0 Å². The number of aromatic nitrogens is 2. The van der Waals surface area contributed by atoms with Gasteiger partial charge in [-0.15, -0.1) is 0 Å². The average Bonchev–Trinajstić information content (AvgIpc) is 2.19. The molecule has 0 radical (unpaired) electrons. The van der Waals surface area contributed by atoms with Crippen LogP contribution in [0, 0.1) is 0 Å². The third kappa shape index (κ3) is 3.25. The van der Waals surface area contributed by atoms with Gasteiger partial charge in [0.05, 0.1) is 12.6 Å². The molecule has 1 heterocycles. The summed E-state index contributed by atoms with van der Waals surface area (Å²) in [4.78, 5) is 23.8. The van der Waals surface area contributed by atoms with E-state index in [0.29, 0.717) is 0 Å². The van der Waals surface area contributed by atoms with Crippen molar-refractivity contribution in [3.8, 4) is 0 Å². The van der Waals surface area contributed by atoms with Crippen molar-refractivity contribution in [1.82, 2.24) is 9.55 Å². The van der Waals surface area contributed by atoms with Gasteiger partial charge in [0.15, 0.2) is 4.90 Å². The normalized spacial score (nSPS) is 13.6. The minimum absolute atomic E-state index is 0.106. The lowest BCUT2D eigenvalue weighted by Gasteiger charge is -2.11. The fraction of sp³-hybridized carbons (Fsp3) is 0.500. The number of methoxy groups -OCH3 is 1. The number of nitrogens with one attached hydrogen (secondary N) is 1. The van der Waals surface area contributed by atoms with E-state index in [1.807, 2.05) is 4.98 Å². The highest BCUT2D eigenvalue weighted by Crippen LogP contribution is 1.98. The zero-order valence-electron chi connectivity index (χ0n) is 9.34. The molecule has 17 heavy (non-hydrogen) atoms. The van der Waals surface area contributed by atoms with E-state index in [1.165, 1.54) is 7.11 Å². The van der Waals surface area contributed by atoms with Crippen LogP contribution >= 0.6 is 0 Å². The van der Waals surface area contributed by atoms with Gasteiger partial charge in [0, 0.05) is 13.3 Å². The maximum absolute atomic E-state index is 11.4. The van der Waals surface area contributed by atoms with E-state index in [4.69, 9.17) is 9.88 Å². The molecular weight excluding hydrogens is 250 g/mol. The summed E-state index contributed by atoms with van der Waals surface area (Å²) in [6.07, 6.45) is 0.596. The Morgan fingerprint density at radius 1 is 1.53 bits per heavy atom. The molecule has 1 aromatic heterocycles. The Morgan fingerprint density at radius 2 is 2.12 bits per heavy atom. The van der Waals surface area contributed by atoms with Crippen molar-refractivity contribution >= 4 is 10.0 Å². The van der Waals surface area contributed by atoms with Gasteiger partial charge in [0.25, 0.3) is 5.56 Å². The Balaban J connectivity index is 3.35. The zero-order valence-corrected chi connectivity index (χ0v) is 10.2. The molecule has 96 valence electrons. The summed E-state index contributed by atoms with van der Waals surface area (Å²) < 4.78 is 28.1. The highest BCUT2D eigenvalue weighted by Gasteiger charge is 2.16. The number of rotatable bonds is 4. The van der Waals surface area contributed by atoms with Crippen molar-refractivity contribution in [1.29, 1.82) is 0 Å². The molecule has 0 saturated heterocycles. The van der Waals surface area contributed by atoms with E-state index in [1.54, 1.807) is 6.92 Å². The molecule has 3 N–H and O–H groups in total. The molecule has 1 aromatic rings. The van der Waals surface area contributed by atoms with E-state index in [-0.39, 0.29) is 12.6 Å². The van der Waals surface area contributed by atoms with Crippen LogP contribution < -0.4 is 16.4 Å². The molecule has 1 rings (SSSR count). The van der Waals surface area contributed by atoms with Crippen molar-refractivity contribution in [2.45, 2.75) is 24.5 Å². The largest absolute Gasteiger partial charge is 0.380 e. The summed E-state index contributed by atoms with van der Waals surface area (Å²) >= 11 is 0. The highest BCUT2D eigenvalue weighted by molar-refractivity contribution is 7.89. The molecule has 0 aliphatic rings. The lowest BCUT2D eigenvalue weighted by Crippen LogP contribution is -2.36. The van der Waals surface area contributed by atoms with Crippen molar-refractivity contribution < 1.29 is 13.2 Å². The lowest BCUT2D eigenvalue weighted by molar-refractivity contribution is 0.101. The van der Waals surface area contributed by atoms with Gasteiger partial charge in [-0.1, -0.05) is 0 Å². The molecule has 8 nitrogen and oxygen atoms in total. The minimum atomic E-state index is -4.16. The lowest BCUT2D eigenvalue weighted by atomic mass is 10.4. The number of sulfonamides is 1. The SMILES string of the molecule is COC(C)Cn1cc(S(N)(=O)=O)c(=O)[nH]c1=O. The summed E-state index contributed by atoms with van der Waals surface area (Å²) in [5.41, 5.74) is -1.75. The van der Waals surface area contributed by atoms with Gasteiger partial charge in [0.1, 0.15) is 0 Å². The van der Waals surface area contributed by atoms with E-state index in [9.17, 15) is 18.0 Å². The summed E-state index contributed by atoms with van der Waals surface area (Å²) in [6, 6.07) is 0. The molecule has 0 saturated carbocycles. The first-order valence-electron chi connectivity index (χ1n) is 4.65. The molecular formula is C8H13N3O5S. The smallest absolute Gasteiger partial charge is 0.328 e. The quantitative estimate of drug-likeness (QED) is 0.664. The van der Waals surface area contributed by atoms with Crippen LogP contribution in [0.1, 0.15) is 6.92 Å². The number of ether oxygens (including phenoxy) is 1. The number of nitrogens with zero attached hydrogens (tertiary/aromatic N) is 1. The number of nitrogens with two attached hydrogens (primary N) is 1. The summed E-state index contributed by atoms with van der Waals surface area (Å²) in [5.74, 6) is 0. The van der Waals surface area contributed by atoms with Crippen LogP contribution in [-0.2, 0) is 21.3 Å². The van der Waals surface area contributed by atoms with Gasteiger partial charge in [0.2, 0.25) is 10.0 Å². The van der Waals surface area contributed by atoms with Crippen molar-refractivity contribution in [3.63, 3.8) is 0 Å². The number of H-pyrrole nitrogens is 1. The zero-order chi connectivity index (χ0) is 13.2. The maximum atomic E-state index is 11.4. The van der Waals surface area contributed by atoms with Gasteiger partial charge in [-0.05, 0) is 6.92 Å². The van der Waals surface area contributed by atoms with Gasteiger partial charge >= 0.3 is 5.69 Å². The Hall–Kier alpha value is -1.45. The van der Waals surface area contributed by atoms with E-state index >= 15 is 0 Å². The number of hydrogen-bond acceptors (Lipinski definition) is 5. The first kappa shape index (κ1) is 13.6. The fourth-order valence-electron chi connectivity index (χ4n) is 1.18.